The molecule has 0 atom stereocenters. The highest BCUT2D eigenvalue weighted by Gasteiger charge is 2.09. The molecule has 5 heteroatoms. The number of nitrogens with zero attached hydrogens (tertiary/aromatic N) is 1. The molecule has 0 aliphatic rings. The van der Waals surface area contributed by atoms with Gasteiger partial charge >= 0.3 is 0 Å². The molecule has 0 aliphatic carbocycles. The fourth-order valence-electron chi connectivity index (χ4n) is 1.42. The van der Waals surface area contributed by atoms with E-state index in [1.807, 2.05) is 18.2 Å². The van der Waals surface area contributed by atoms with Crippen molar-refractivity contribution in [2.45, 2.75) is 0 Å². The Bertz CT molecular complexity index is 549. The molecule has 0 radical (unpaired) electrons. The van der Waals surface area contributed by atoms with Gasteiger partial charge in [0.15, 0.2) is 5.69 Å². The van der Waals surface area contributed by atoms with E-state index in [2.05, 4.69) is 15.3 Å². The molecule has 1 heterocycles. The van der Waals surface area contributed by atoms with Gasteiger partial charge in [-0.3, -0.25) is 4.79 Å². The van der Waals surface area contributed by atoms with Crippen LogP contribution < -0.4 is 10.9 Å². The Morgan fingerprint density at radius 3 is 2.56 bits per heavy atom. The average molecular weight is 217 g/mol. The van der Waals surface area contributed by atoms with Crippen molar-refractivity contribution >= 4 is 5.69 Å². The Balaban J connectivity index is 2.57. The molecule has 0 amide bonds. The monoisotopic (exact) mass is 217 g/mol. The highest BCUT2D eigenvalue weighted by molar-refractivity contribution is 5.59. The number of H-pyrrole nitrogens is 1. The summed E-state index contributed by atoms with van der Waals surface area (Å²) in [6, 6.07) is 9.13. The summed E-state index contributed by atoms with van der Waals surface area (Å²) in [7, 11) is 1.55. The molecule has 0 aliphatic heterocycles. The summed E-state index contributed by atoms with van der Waals surface area (Å²) in [6.07, 6.45) is 0. The van der Waals surface area contributed by atoms with Crippen LogP contribution in [0, 0.1) is 0 Å². The van der Waals surface area contributed by atoms with Crippen LogP contribution in [0.25, 0.3) is 11.4 Å². The number of hydrogen-bond donors (Lipinski definition) is 3. The molecule has 1 aromatic heterocycles. The van der Waals surface area contributed by atoms with Gasteiger partial charge in [0.2, 0.25) is 5.88 Å². The lowest BCUT2D eigenvalue weighted by Gasteiger charge is -2.04. The summed E-state index contributed by atoms with van der Waals surface area (Å²) in [4.78, 5) is 18.1. The second-order valence-electron chi connectivity index (χ2n) is 3.23. The smallest absolute Gasteiger partial charge is 0.278 e. The first-order valence-corrected chi connectivity index (χ1v) is 4.79. The first-order valence-electron chi connectivity index (χ1n) is 4.79. The van der Waals surface area contributed by atoms with Crippen LogP contribution in [0.1, 0.15) is 0 Å². The van der Waals surface area contributed by atoms with Gasteiger partial charge in [0, 0.05) is 12.6 Å². The van der Waals surface area contributed by atoms with Gasteiger partial charge in [-0.25, -0.2) is 0 Å². The Hall–Kier alpha value is -2.30. The van der Waals surface area contributed by atoms with Gasteiger partial charge in [-0.05, 0) is 0 Å². The van der Waals surface area contributed by atoms with Gasteiger partial charge in [-0.15, -0.1) is 0 Å². The number of nitrogens with one attached hydrogen (secondary N) is 2. The standard InChI is InChI=1S/C11H11N3O2/c1-12-8-10(15)13-9(14-11(8)16)7-5-3-2-4-6-7/h2-6,12H,1H3,(H2,13,14,15,16). The number of anilines is 1. The lowest BCUT2D eigenvalue weighted by molar-refractivity contribution is 0.454. The zero-order chi connectivity index (χ0) is 11.5. The highest BCUT2D eigenvalue weighted by Crippen LogP contribution is 2.19. The van der Waals surface area contributed by atoms with E-state index in [-0.39, 0.29) is 11.6 Å². The highest BCUT2D eigenvalue weighted by atomic mass is 16.3. The van der Waals surface area contributed by atoms with Crippen molar-refractivity contribution in [3.63, 3.8) is 0 Å². The lowest BCUT2D eigenvalue weighted by atomic mass is 10.2. The van der Waals surface area contributed by atoms with Gasteiger partial charge in [-0.2, -0.15) is 4.98 Å². The van der Waals surface area contributed by atoms with Gasteiger partial charge < -0.3 is 15.4 Å². The number of aromatic hydroxyl groups is 1. The van der Waals surface area contributed by atoms with Crippen LogP contribution in [0.4, 0.5) is 5.69 Å². The number of rotatable bonds is 2. The van der Waals surface area contributed by atoms with E-state index in [9.17, 15) is 9.90 Å². The van der Waals surface area contributed by atoms with E-state index >= 15 is 0 Å². The fraction of sp³-hybridized carbons (Fsp3) is 0.0909. The van der Waals surface area contributed by atoms with Gasteiger partial charge in [0.1, 0.15) is 5.82 Å². The minimum Gasteiger partial charge on any atom is -0.492 e. The van der Waals surface area contributed by atoms with Crippen LogP contribution in [-0.4, -0.2) is 22.1 Å². The second-order valence-corrected chi connectivity index (χ2v) is 3.23. The minimum atomic E-state index is -0.395. The molecule has 0 spiro atoms. The van der Waals surface area contributed by atoms with Crippen molar-refractivity contribution in [3.8, 4) is 17.3 Å². The second kappa shape index (κ2) is 4.06. The summed E-state index contributed by atoms with van der Waals surface area (Å²) >= 11 is 0. The molecule has 0 saturated carbocycles. The number of hydrogen-bond acceptors (Lipinski definition) is 4. The van der Waals surface area contributed by atoms with E-state index in [4.69, 9.17) is 0 Å². The predicted octanol–water partition coefficient (Wildman–Crippen LogP) is 1.18. The molecule has 1 aromatic carbocycles. The van der Waals surface area contributed by atoms with E-state index in [0.29, 0.717) is 5.82 Å². The van der Waals surface area contributed by atoms with Crippen molar-refractivity contribution in [2.75, 3.05) is 12.4 Å². The van der Waals surface area contributed by atoms with Crippen LogP contribution in [0.15, 0.2) is 35.1 Å². The molecular weight excluding hydrogens is 206 g/mol. The van der Waals surface area contributed by atoms with Crippen LogP contribution in [0.2, 0.25) is 0 Å². The van der Waals surface area contributed by atoms with Crippen molar-refractivity contribution in [3.05, 3.63) is 40.7 Å². The SMILES string of the molecule is CNc1c(O)nc(-c2ccccc2)[nH]c1=O. The first kappa shape index (κ1) is 10.2. The summed E-state index contributed by atoms with van der Waals surface area (Å²) in [5.74, 6) is 0.0483. The third kappa shape index (κ3) is 1.75. The molecule has 2 rings (SSSR count). The molecule has 3 N–H and O–H groups in total. The van der Waals surface area contributed by atoms with Gasteiger partial charge in [0.05, 0.1) is 0 Å². The molecule has 16 heavy (non-hydrogen) atoms. The number of benzene rings is 1. The Kier molecular flexibility index (Phi) is 2.59. The quantitative estimate of drug-likeness (QED) is 0.706. The van der Waals surface area contributed by atoms with Gasteiger partial charge in [-0.1, -0.05) is 30.3 Å². The topological polar surface area (TPSA) is 78.0 Å². The third-order valence-electron chi connectivity index (χ3n) is 2.20. The molecule has 0 saturated heterocycles. The van der Waals surface area contributed by atoms with E-state index in [1.54, 1.807) is 19.2 Å². The zero-order valence-corrected chi connectivity index (χ0v) is 8.69. The fourth-order valence-corrected chi connectivity index (χ4v) is 1.42. The minimum absolute atomic E-state index is 0.0691. The zero-order valence-electron chi connectivity index (χ0n) is 8.69. The molecule has 82 valence electrons. The molecule has 0 bridgehead atoms. The van der Waals surface area contributed by atoms with Crippen LogP contribution in [-0.2, 0) is 0 Å². The summed E-state index contributed by atoms with van der Waals surface area (Å²) in [6.45, 7) is 0. The molecule has 5 nitrogen and oxygen atoms in total. The Labute approximate surface area is 91.8 Å². The van der Waals surface area contributed by atoms with Crippen molar-refractivity contribution in [2.24, 2.45) is 0 Å². The van der Waals surface area contributed by atoms with Crippen molar-refractivity contribution < 1.29 is 5.11 Å². The maximum Gasteiger partial charge on any atom is 0.278 e. The molecule has 0 unspecified atom stereocenters. The summed E-state index contributed by atoms with van der Waals surface area (Å²) < 4.78 is 0. The largest absolute Gasteiger partial charge is 0.492 e. The average Bonchev–Trinajstić information content (AvgIpc) is 2.30. The van der Waals surface area contributed by atoms with Crippen molar-refractivity contribution in [1.29, 1.82) is 0 Å². The van der Waals surface area contributed by atoms with E-state index < -0.39 is 5.56 Å². The third-order valence-corrected chi connectivity index (χ3v) is 2.20. The lowest BCUT2D eigenvalue weighted by Crippen LogP contribution is -2.14. The molecule has 2 aromatic rings. The number of aromatic nitrogens is 2. The maximum atomic E-state index is 11.5. The van der Waals surface area contributed by atoms with E-state index in [1.165, 1.54) is 0 Å². The van der Waals surface area contributed by atoms with Gasteiger partial charge in [0.25, 0.3) is 5.56 Å². The van der Waals surface area contributed by atoms with Crippen LogP contribution in [0.5, 0.6) is 5.88 Å². The number of aromatic amines is 1. The van der Waals surface area contributed by atoms with E-state index in [0.717, 1.165) is 5.56 Å². The van der Waals surface area contributed by atoms with Crippen molar-refractivity contribution in [1.82, 2.24) is 9.97 Å². The molecular formula is C11H11N3O2. The normalized spacial score (nSPS) is 10.1. The Morgan fingerprint density at radius 1 is 1.31 bits per heavy atom. The maximum absolute atomic E-state index is 11.5. The first-order chi connectivity index (χ1) is 7.72. The summed E-state index contributed by atoms with van der Waals surface area (Å²) in [5.41, 5.74) is 0.422. The molecule has 0 fully saturated rings. The van der Waals surface area contributed by atoms with Crippen LogP contribution >= 0.6 is 0 Å². The Morgan fingerprint density at radius 2 is 2.00 bits per heavy atom. The summed E-state index contributed by atoms with van der Waals surface area (Å²) in [5, 5.41) is 12.1. The predicted molar refractivity (Wildman–Crippen MR) is 61.5 cm³/mol. The van der Waals surface area contributed by atoms with Crippen LogP contribution in [0.3, 0.4) is 0 Å².